The zero-order chi connectivity index (χ0) is 13.8. The van der Waals surface area contributed by atoms with E-state index >= 15 is 0 Å². The molecule has 0 aliphatic carbocycles. The average Bonchev–Trinajstić information content (AvgIpc) is 2.12. The van der Waals surface area contributed by atoms with E-state index in [0.29, 0.717) is 17.9 Å². The molecule has 1 aromatic carbocycles. The van der Waals surface area contributed by atoms with E-state index in [1.165, 1.54) is 19.1 Å². The van der Waals surface area contributed by atoms with Gasteiger partial charge in [0.25, 0.3) is 0 Å². The normalized spacial score (nSPS) is 11.4. The van der Waals surface area contributed by atoms with Gasteiger partial charge in [-0.1, -0.05) is 0 Å². The molecule has 0 N–H and O–H groups in total. The molecule has 0 aliphatic rings. The lowest BCUT2D eigenvalue weighted by Gasteiger charge is -2.10. The van der Waals surface area contributed by atoms with Crippen LogP contribution in [0.1, 0.15) is 19.4 Å². The molecule has 0 fully saturated rings. The first kappa shape index (κ1) is 14.9. The molecule has 0 saturated heterocycles. The first-order valence-corrected chi connectivity index (χ1v) is 6.13. The van der Waals surface area contributed by atoms with Crippen molar-refractivity contribution in [2.24, 2.45) is 0 Å². The Morgan fingerprint density at radius 2 is 2.00 bits per heavy atom. The molecule has 0 radical (unpaired) electrons. The van der Waals surface area contributed by atoms with Crippen LogP contribution < -0.4 is 4.74 Å². The van der Waals surface area contributed by atoms with Crippen molar-refractivity contribution in [3.05, 3.63) is 23.8 Å². The zero-order valence-corrected chi connectivity index (χ0v) is 10.8. The molecule has 0 spiro atoms. The van der Waals surface area contributed by atoms with Crippen LogP contribution in [0.15, 0.2) is 23.1 Å². The molecule has 0 bridgehead atoms. The molecule has 0 aromatic heterocycles. The maximum absolute atomic E-state index is 12.3. The fourth-order valence-corrected chi connectivity index (χ4v) is 2.12. The molecule has 2 nitrogen and oxygen atoms in total. The van der Waals surface area contributed by atoms with Crippen LogP contribution in [0.25, 0.3) is 0 Å². The number of hydrogen-bond donors (Lipinski definition) is 0. The van der Waals surface area contributed by atoms with Gasteiger partial charge in [0.05, 0.1) is 6.61 Å². The molecule has 0 atom stereocenters. The highest BCUT2D eigenvalue weighted by atomic mass is 32.2. The van der Waals surface area contributed by atoms with Gasteiger partial charge >= 0.3 is 5.51 Å². The van der Waals surface area contributed by atoms with Crippen LogP contribution in [0.3, 0.4) is 0 Å². The van der Waals surface area contributed by atoms with Crippen molar-refractivity contribution < 1.29 is 22.7 Å². The van der Waals surface area contributed by atoms with E-state index < -0.39 is 5.51 Å². The maximum atomic E-state index is 12.3. The highest BCUT2D eigenvalue weighted by Crippen LogP contribution is 2.38. The van der Waals surface area contributed by atoms with Crippen LogP contribution in [0.4, 0.5) is 13.2 Å². The third-order valence-electron chi connectivity index (χ3n) is 1.94. The lowest BCUT2D eigenvalue weighted by Crippen LogP contribution is -2.02. The van der Waals surface area contributed by atoms with Crippen LogP contribution in [0, 0.1) is 0 Å². The Kier molecular flexibility index (Phi) is 5.07. The van der Waals surface area contributed by atoms with E-state index in [4.69, 9.17) is 4.74 Å². The number of ether oxygens (including phenoxy) is 1. The van der Waals surface area contributed by atoms with E-state index in [9.17, 15) is 18.0 Å². The largest absolute Gasteiger partial charge is 0.494 e. The molecule has 0 unspecified atom stereocenters. The molecule has 6 heteroatoms. The molecule has 0 aliphatic heterocycles. The second kappa shape index (κ2) is 6.13. The third kappa shape index (κ3) is 5.44. The van der Waals surface area contributed by atoms with Crippen LogP contribution in [-0.2, 0) is 11.2 Å². The van der Waals surface area contributed by atoms with Gasteiger partial charge < -0.3 is 4.74 Å². The standard InChI is InChI=1S/C12H13F3O2S/c1-3-17-10-5-9(4-8(2)16)6-11(7-10)18-12(13,14)15/h5-7H,3-4H2,1-2H3. The van der Waals surface area contributed by atoms with Crippen LogP contribution >= 0.6 is 11.8 Å². The summed E-state index contributed by atoms with van der Waals surface area (Å²) in [5.74, 6) is 0.245. The molecule has 18 heavy (non-hydrogen) atoms. The van der Waals surface area contributed by atoms with Crippen molar-refractivity contribution in [2.45, 2.75) is 30.7 Å². The van der Waals surface area contributed by atoms with E-state index in [0.717, 1.165) is 0 Å². The van der Waals surface area contributed by atoms with Crippen molar-refractivity contribution >= 4 is 17.5 Å². The van der Waals surface area contributed by atoms with E-state index in [2.05, 4.69) is 0 Å². The molecule has 0 saturated carbocycles. The number of rotatable bonds is 5. The number of benzene rings is 1. The summed E-state index contributed by atoms with van der Waals surface area (Å²) in [4.78, 5) is 11.0. The highest BCUT2D eigenvalue weighted by molar-refractivity contribution is 8.00. The summed E-state index contributed by atoms with van der Waals surface area (Å²) in [6, 6.07) is 4.28. The Morgan fingerprint density at radius 1 is 1.33 bits per heavy atom. The van der Waals surface area contributed by atoms with Gasteiger partial charge in [0, 0.05) is 11.3 Å². The number of Topliss-reactive ketones (excluding diaryl/α,β-unsaturated/α-hetero) is 1. The highest BCUT2D eigenvalue weighted by Gasteiger charge is 2.29. The van der Waals surface area contributed by atoms with Gasteiger partial charge in [-0.25, -0.2) is 0 Å². The third-order valence-corrected chi connectivity index (χ3v) is 2.64. The zero-order valence-electron chi connectivity index (χ0n) is 10.0. The topological polar surface area (TPSA) is 26.3 Å². The molecule has 0 amide bonds. The number of hydrogen-bond acceptors (Lipinski definition) is 3. The molecule has 100 valence electrons. The number of carbonyl (C=O) groups is 1. The minimum absolute atomic E-state index is 0.0321. The average molecular weight is 278 g/mol. The van der Waals surface area contributed by atoms with Gasteiger partial charge in [0.15, 0.2) is 0 Å². The van der Waals surface area contributed by atoms with E-state index in [1.807, 2.05) is 0 Å². The molecule has 0 heterocycles. The Hall–Kier alpha value is -1.17. The summed E-state index contributed by atoms with van der Waals surface area (Å²) < 4.78 is 42.1. The van der Waals surface area contributed by atoms with E-state index in [-0.39, 0.29) is 28.9 Å². The van der Waals surface area contributed by atoms with Crippen LogP contribution in [0.2, 0.25) is 0 Å². The summed E-state index contributed by atoms with van der Waals surface area (Å²) >= 11 is -0.209. The smallest absolute Gasteiger partial charge is 0.446 e. The van der Waals surface area contributed by atoms with Crippen LogP contribution in [0.5, 0.6) is 5.75 Å². The van der Waals surface area contributed by atoms with Crippen molar-refractivity contribution in [2.75, 3.05) is 6.61 Å². The predicted octanol–water partition coefficient (Wildman–Crippen LogP) is 3.83. The van der Waals surface area contributed by atoms with Crippen molar-refractivity contribution in [1.82, 2.24) is 0 Å². The SMILES string of the molecule is CCOc1cc(CC(C)=O)cc(SC(F)(F)F)c1. The number of halogens is 3. The summed E-state index contributed by atoms with van der Waals surface area (Å²) in [5.41, 5.74) is -3.82. The number of carbonyl (C=O) groups excluding carboxylic acids is 1. The summed E-state index contributed by atoms with van der Waals surface area (Å²) in [6.45, 7) is 3.50. The van der Waals surface area contributed by atoms with Gasteiger partial charge in [-0.05, 0) is 49.4 Å². The second-order valence-electron chi connectivity index (χ2n) is 3.67. The Bertz CT molecular complexity index is 430. The van der Waals surface area contributed by atoms with Gasteiger partial charge in [-0.2, -0.15) is 13.2 Å². The van der Waals surface area contributed by atoms with Gasteiger partial charge in [0.1, 0.15) is 11.5 Å². The van der Waals surface area contributed by atoms with Crippen molar-refractivity contribution in [3.8, 4) is 5.75 Å². The Balaban J connectivity index is 3.01. The number of alkyl halides is 3. The minimum atomic E-state index is -4.35. The monoisotopic (exact) mass is 278 g/mol. The first-order valence-electron chi connectivity index (χ1n) is 5.32. The Labute approximate surface area is 108 Å². The summed E-state index contributed by atoms with van der Waals surface area (Å²) in [7, 11) is 0. The fourth-order valence-electron chi connectivity index (χ4n) is 1.46. The first-order chi connectivity index (χ1) is 8.30. The fraction of sp³-hybridized carbons (Fsp3) is 0.417. The molecule has 1 rings (SSSR count). The van der Waals surface area contributed by atoms with Gasteiger partial charge in [-0.15, -0.1) is 0 Å². The van der Waals surface area contributed by atoms with Gasteiger partial charge in [-0.3, -0.25) is 4.79 Å². The quantitative estimate of drug-likeness (QED) is 0.766. The van der Waals surface area contributed by atoms with Crippen molar-refractivity contribution in [3.63, 3.8) is 0 Å². The summed E-state index contributed by atoms with van der Waals surface area (Å²) in [6.07, 6.45) is 0.104. The predicted molar refractivity (Wildman–Crippen MR) is 63.9 cm³/mol. The lowest BCUT2D eigenvalue weighted by molar-refractivity contribution is -0.116. The lowest BCUT2D eigenvalue weighted by atomic mass is 10.1. The maximum Gasteiger partial charge on any atom is 0.446 e. The van der Waals surface area contributed by atoms with Crippen LogP contribution in [-0.4, -0.2) is 17.9 Å². The Morgan fingerprint density at radius 3 is 2.50 bits per heavy atom. The molecular weight excluding hydrogens is 265 g/mol. The summed E-state index contributed by atoms with van der Waals surface area (Å²) in [5, 5.41) is 0. The molecular formula is C12H13F3O2S. The van der Waals surface area contributed by atoms with E-state index in [1.54, 1.807) is 13.0 Å². The number of ketones is 1. The number of thioether (sulfide) groups is 1. The van der Waals surface area contributed by atoms with Gasteiger partial charge in [0.2, 0.25) is 0 Å². The second-order valence-corrected chi connectivity index (χ2v) is 4.81. The minimum Gasteiger partial charge on any atom is -0.494 e. The van der Waals surface area contributed by atoms with Crippen molar-refractivity contribution in [1.29, 1.82) is 0 Å². The molecule has 1 aromatic rings.